The molecule has 1 fully saturated rings. The molecule has 1 saturated heterocycles. The molecule has 5 nitrogen and oxygen atoms in total. The Morgan fingerprint density at radius 2 is 2.31 bits per heavy atom. The van der Waals surface area contributed by atoms with E-state index in [-0.39, 0.29) is 0 Å². The van der Waals surface area contributed by atoms with Crippen LogP contribution in [0.25, 0.3) is 0 Å². The summed E-state index contributed by atoms with van der Waals surface area (Å²) in [5.74, 6) is 1.50. The van der Waals surface area contributed by atoms with Gasteiger partial charge >= 0.3 is 0 Å². The minimum Gasteiger partial charge on any atom is -0.383 e. The van der Waals surface area contributed by atoms with Gasteiger partial charge in [0, 0.05) is 32.8 Å². The molecule has 1 N–H and O–H groups in total. The lowest BCUT2D eigenvalue weighted by molar-refractivity contribution is 0.0822. The van der Waals surface area contributed by atoms with Crippen molar-refractivity contribution in [1.82, 2.24) is 14.8 Å². The van der Waals surface area contributed by atoms with Crippen LogP contribution in [0.3, 0.4) is 0 Å². The van der Waals surface area contributed by atoms with Gasteiger partial charge in [0.1, 0.15) is 5.82 Å². The van der Waals surface area contributed by atoms with Gasteiger partial charge in [-0.25, -0.2) is 0 Å². The number of aromatic amines is 1. The topological polar surface area (TPSA) is 52.1 Å². The zero-order valence-corrected chi connectivity index (χ0v) is 10.3. The van der Waals surface area contributed by atoms with Gasteiger partial charge in [0.05, 0.1) is 6.61 Å². The van der Waals surface area contributed by atoms with Crippen LogP contribution in [-0.2, 0) is 16.0 Å². The van der Waals surface area contributed by atoms with Crippen molar-refractivity contribution in [2.75, 3.05) is 26.9 Å². The molecule has 6 heteroatoms. The molecule has 0 amide bonds. The van der Waals surface area contributed by atoms with Gasteiger partial charge < -0.3 is 14.0 Å². The predicted octanol–water partition coefficient (Wildman–Crippen LogP) is 1.48. The molecule has 0 radical (unpaired) electrons. The molecule has 2 rings (SSSR count). The summed E-state index contributed by atoms with van der Waals surface area (Å²) in [5.41, 5.74) is 0. The molecule has 1 aromatic heterocycles. The van der Waals surface area contributed by atoms with E-state index in [2.05, 4.69) is 10.2 Å². The fourth-order valence-corrected chi connectivity index (χ4v) is 2.23. The molecule has 0 unspecified atom stereocenters. The molecule has 0 bridgehead atoms. The normalized spacial score (nSPS) is 17.8. The highest BCUT2D eigenvalue weighted by Crippen LogP contribution is 2.25. The maximum atomic E-state index is 5.35. The van der Waals surface area contributed by atoms with Crippen molar-refractivity contribution in [1.29, 1.82) is 0 Å². The van der Waals surface area contributed by atoms with E-state index in [4.69, 9.17) is 21.7 Å². The third-order valence-electron chi connectivity index (χ3n) is 2.89. The van der Waals surface area contributed by atoms with Gasteiger partial charge in [-0.3, -0.25) is 5.10 Å². The minimum atomic E-state index is 0.457. The average molecular weight is 243 g/mol. The molecular weight excluding hydrogens is 226 g/mol. The van der Waals surface area contributed by atoms with E-state index in [0.29, 0.717) is 17.3 Å². The van der Waals surface area contributed by atoms with E-state index in [1.807, 2.05) is 4.57 Å². The molecular formula is C10H17N3O2S. The molecule has 0 atom stereocenters. The van der Waals surface area contributed by atoms with Crippen molar-refractivity contribution in [3.05, 3.63) is 10.6 Å². The second-order valence-corrected chi connectivity index (χ2v) is 4.30. The highest BCUT2D eigenvalue weighted by atomic mass is 32.1. The monoisotopic (exact) mass is 243 g/mol. The quantitative estimate of drug-likeness (QED) is 0.814. The Labute approximate surface area is 99.8 Å². The standard InChI is InChI=1S/C10H17N3O2S/c1-14-7-4-13-9(11-12-10(13)16)8-2-5-15-6-3-8/h8H,2-7H2,1H3,(H,12,16). The highest BCUT2D eigenvalue weighted by molar-refractivity contribution is 7.71. The van der Waals surface area contributed by atoms with Gasteiger partial charge in [0.15, 0.2) is 4.77 Å². The van der Waals surface area contributed by atoms with Gasteiger partial charge in [-0.2, -0.15) is 5.10 Å². The summed E-state index contributed by atoms with van der Waals surface area (Å²) in [6, 6.07) is 0. The number of H-pyrrole nitrogens is 1. The van der Waals surface area contributed by atoms with Crippen LogP contribution >= 0.6 is 12.2 Å². The second kappa shape index (κ2) is 5.56. The zero-order chi connectivity index (χ0) is 11.4. The lowest BCUT2D eigenvalue weighted by Gasteiger charge is -2.21. The first-order valence-corrected chi connectivity index (χ1v) is 5.95. The van der Waals surface area contributed by atoms with Crippen molar-refractivity contribution in [3.8, 4) is 0 Å². The molecule has 1 aromatic rings. The minimum absolute atomic E-state index is 0.457. The Hall–Kier alpha value is -0.720. The summed E-state index contributed by atoms with van der Waals surface area (Å²) in [6.07, 6.45) is 2.04. The number of nitrogens with zero attached hydrogens (tertiary/aromatic N) is 2. The van der Waals surface area contributed by atoms with Crippen LogP contribution in [0.4, 0.5) is 0 Å². The largest absolute Gasteiger partial charge is 0.383 e. The summed E-state index contributed by atoms with van der Waals surface area (Å²) < 4.78 is 13.1. The molecule has 2 heterocycles. The van der Waals surface area contributed by atoms with Crippen LogP contribution in [0, 0.1) is 4.77 Å². The first-order valence-electron chi connectivity index (χ1n) is 5.54. The first-order chi connectivity index (χ1) is 7.83. The fourth-order valence-electron chi connectivity index (χ4n) is 2.00. The highest BCUT2D eigenvalue weighted by Gasteiger charge is 2.21. The first kappa shape index (κ1) is 11.8. The third kappa shape index (κ3) is 2.50. The summed E-state index contributed by atoms with van der Waals surface area (Å²) in [4.78, 5) is 0. The van der Waals surface area contributed by atoms with Crippen molar-refractivity contribution in [2.45, 2.75) is 25.3 Å². The van der Waals surface area contributed by atoms with Gasteiger partial charge in [0.2, 0.25) is 0 Å². The number of ether oxygens (including phenoxy) is 2. The van der Waals surface area contributed by atoms with Crippen molar-refractivity contribution >= 4 is 12.2 Å². The van der Waals surface area contributed by atoms with Gasteiger partial charge in [-0.1, -0.05) is 0 Å². The molecule has 1 aliphatic rings. The van der Waals surface area contributed by atoms with E-state index in [1.54, 1.807) is 7.11 Å². The molecule has 0 aliphatic carbocycles. The van der Waals surface area contributed by atoms with Crippen LogP contribution < -0.4 is 0 Å². The van der Waals surface area contributed by atoms with Crippen LogP contribution in [0.15, 0.2) is 0 Å². The lowest BCUT2D eigenvalue weighted by Crippen LogP contribution is -2.19. The third-order valence-corrected chi connectivity index (χ3v) is 3.20. The predicted molar refractivity (Wildman–Crippen MR) is 62.1 cm³/mol. The van der Waals surface area contributed by atoms with E-state index in [9.17, 15) is 0 Å². The Morgan fingerprint density at radius 3 is 3.00 bits per heavy atom. The van der Waals surface area contributed by atoms with Gasteiger partial charge in [-0.15, -0.1) is 0 Å². The second-order valence-electron chi connectivity index (χ2n) is 3.92. The Morgan fingerprint density at radius 1 is 1.56 bits per heavy atom. The van der Waals surface area contributed by atoms with Crippen molar-refractivity contribution in [2.24, 2.45) is 0 Å². The maximum absolute atomic E-state index is 5.35. The number of methoxy groups -OCH3 is 1. The maximum Gasteiger partial charge on any atom is 0.195 e. The summed E-state index contributed by atoms with van der Waals surface area (Å²) in [6.45, 7) is 3.05. The van der Waals surface area contributed by atoms with Gasteiger partial charge in [0.25, 0.3) is 0 Å². The SMILES string of the molecule is COCCn1c(C2CCOCC2)n[nH]c1=S. The Kier molecular flexibility index (Phi) is 4.09. The van der Waals surface area contributed by atoms with E-state index < -0.39 is 0 Å². The Balaban J connectivity index is 2.15. The Bertz CT molecular complexity index is 382. The van der Waals surface area contributed by atoms with E-state index >= 15 is 0 Å². The van der Waals surface area contributed by atoms with Crippen LogP contribution in [0.5, 0.6) is 0 Å². The van der Waals surface area contributed by atoms with Crippen LogP contribution in [0.2, 0.25) is 0 Å². The molecule has 0 spiro atoms. The van der Waals surface area contributed by atoms with Gasteiger partial charge in [-0.05, 0) is 25.1 Å². The van der Waals surface area contributed by atoms with Crippen molar-refractivity contribution < 1.29 is 9.47 Å². The van der Waals surface area contributed by atoms with Crippen molar-refractivity contribution in [3.63, 3.8) is 0 Å². The summed E-state index contributed by atoms with van der Waals surface area (Å²) in [5, 5.41) is 7.19. The summed E-state index contributed by atoms with van der Waals surface area (Å²) in [7, 11) is 1.69. The number of nitrogens with one attached hydrogen (secondary N) is 1. The summed E-state index contributed by atoms with van der Waals surface area (Å²) >= 11 is 5.21. The van der Waals surface area contributed by atoms with Crippen LogP contribution in [0.1, 0.15) is 24.6 Å². The fraction of sp³-hybridized carbons (Fsp3) is 0.800. The number of rotatable bonds is 4. The van der Waals surface area contributed by atoms with Crippen LogP contribution in [-0.4, -0.2) is 41.7 Å². The molecule has 0 aromatic carbocycles. The molecule has 90 valence electrons. The average Bonchev–Trinajstić information content (AvgIpc) is 2.69. The number of aromatic nitrogens is 3. The molecule has 16 heavy (non-hydrogen) atoms. The molecule has 1 aliphatic heterocycles. The number of hydrogen-bond donors (Lipinski definition) is 1. The number of hydrogen-bond acceptors (Lipinski definition) is 4. The molecule has 0 saturated carbocycles. The van der Waals surface area contributed by atoms with E-state index in [0.717, 1.165) is 38.4 Å². The van der Waals surface area contributed by atoms with E-state index in [1.165, 1.54) is 0 Å². The smallest absolute Gasteiger partial charge is 0.195 e. The lowest BCUT2D eigenvalue weighted by atomic mass is 9.99. The zero-order valence-electron chi connectivity index (χ0n) is 9.44.